The summed E-state index contributed by atoms with van der Waals surface area (Å²) >= 11 is 5.87. The van der Waals surface area contributed by atoms with Gasteiger partial charge in [0.15, 0.2) is 0 Å². The lowest BCUT2D eigenvalue weighted by Crippen LogP contribution is -2.17. The number of nitrogens with zero attached hydrogens (tertiary/aromatic N) is 2. The number of ether oxygens (including phenoxy) is 1. The Hall–Kier alpha value is -1.73. The number of rotatable bonds is 6. The molecule has 2 aromatic rings. The minimum Gasteiger partial charge on any atom is -0.468 e. The van der Waals surface area contributed by atoms with Crippen LogP contribution in [-0.2, 0) is 16.7 Å². The van der Waals surface area contributed by atoms with Crippen LogP contribution < -0.4 is 8.92 Å². The zero-order chi connectivity index (χ0) is 17.2. The molecule has 0 aliphatic rings. The molecule has 2 rings (SSSR count). The first kappa shape index (κ1) is 17.6. The van der Waals surface area contributed by atoms with Gasteiger partial charge in [-0.3, -0.25) is 4.57 Å². The van der Waals surface area contributed by atoms with Gasteiger partial charge in [0.2, 0.25) is 5.03 Å². The predicted molar refractivity (Wildman–Crippen MR) is 87.8 cm³/mol. The van der Waals surface area contributed by atoms with Crippen LogP contribution in [0.3, 0.4) is 0 Å². The molecule has 0 aliphatic heterocycles. The van der Waals surface area contributed by atoms with Gasteiger partial charge in [0.1, 0.15) is 5.75 Å². The topological polar surface area (TPSA) is 70.4 Å². The monoisotopic (exact) mass is 358 g/mol. The van der Waals surface area contributed by atoms with Crippen LogP contribution in [0.25, 0.3) is 0 Å². The van der Waals surface area contributed by atoms with E-state index in [1.807, 2.05) is 20.8 Å². The van der Waals surface area contributed by atoms with Gasteiger partial charge in [0, 0.05) is 17.6 Å². The molecule has 8 heteroatoms. The second-order valence-electron chi connectivity index (χ2n) is 5.18. The summed E-state index contributed by atoms with van der Waals surface area (Å²) in [5.41, 5.74) is 0.408. The number of hydrogen-bond acceptors (Lipinski definition) is 5. The van der Waals surface area contributed by atoms with Gasteiger partial charge in [-0.05, 0) is 25.0 Å². The van der Waals surface area contributed by atoms with E-state index in [1.54, 1.807) is 12.1 Å². The van der Waals surface area contributed by atoms with Crippen molar-refractivity contribution in [3.63, 3.8) is 0 Å². The number of hydrogen-bond donors (Lipinski definition) is 0. The van der Waals surface area contributed by atoms with Crippen LogP contribution in [0.1, 0.15) is 32.4 Å². The van der Waals surface area contributed by atoms with E-state index in [9.17, 15) is 8.42 Å². The summed E-state index contributed by atoms with van der Waals surface area (Å²) in [6.45, 7) is 5.92. The Morgan fingerprint density at radius 2 is 2.04 bits per heavy atom. The fraction of sp³-hybridized carbons (Fsp3) is 0.400. The van der Waals surface area contributed by atoms with Crippen molar-refractivity contribution in [3.8, 4) is 11.8 Å². The third-order valence-electron chi connectivity index (χ3n) is 3.20. The summed E-state index contributed by atoms with van der Waals surface area (Å²) in [4.78, 5) is 4.28. The van der Waals surface area contributed by atoms with Crippen molar-refractivity contribution < 1.29 is 17.3 Å². The molecule has 0 aliphatic carbocycles. The molecule has 0 bridgehead atoms. The summed E-state index contributed by atoms with van der Waals surface area (Å²) in [5, 5.41) is 0.398. The maximum atomic E-state index is 12.8. The molecular formula is C15H19ClN2O4S. The molecule has 1 aromatic carbocycles. The second kappa shape index (κ2) is 6.80. The maximum absolute atomic E-state index is 12.8. The third-order valence-corrected chi connectivity index (χ3v) is 4.75. The SMILES string of the molecule is CCn1c(OC)nc(C(C)C)c1S(=O)(=O)Oc1cccc(Cl)c1. The summed E-state index contributed by atoms with van der Waals surface area (Å²) in [7, 11) is -2.62. The molecule has 1 aromatic heterocycles. The molecule has 23 heavy (non-hydrogen) atoms. The average molecular weight is 359 g/mol. The molecule has 0 unspecified atom stereocenters. The van der Waals surface area contributed by atoms with Crippen LogP contribution in [0.4, 0.5) is 0 Å². The van der Waals surface area contributed by atoms with Gasteiger partial charge in [0.05, 0.1) is 12.8 Å². The highest BCUT2D eigenvalue weighted by molar-refractivity contribution is 7.87. The fourth-order valence-corrected chi connectivity index (χ4v) is 3.83. The van der Waals surface area contributed by atoms with E-state index in [0.717, 1.165) is 0 Å². The van der Waals surface area contributed by atoms with Crippen molar-refractivity contribution >= 4 is 21.7 Å². The lowest BCUT2D eigenvalue weighted by molar-refractivity contribution is 0.351. The summed E-state index contributed by atoms with van der Waals surface area (Å²) in [6, 6.07) is 6.47. The minimum absolute atomic E-state index is 0.00632. The minimum atomic E-state index is -4.08. The lowest BCUT2D eigenvalue weighted by Gasteiger charge is -2.12. The van der Waals surface area contributed by atoms with E-state index >= 15 is 0 Å². The Morgan fingerprint density at radius 3 is 2.57 bits per heavy atom. The number of aromatic nitrogens is 2. The molecule has 0 amide bonds. The second-order valence-corrected chi connectivity index (χ2v) is 7.08. The van der Waals surface area contributed by atoms with Crippen molar-refractivity contribution in [3.05, 3.63) is 35.0 Å². The van der Waals surface area contributed by atoms with E-state index in [1.165, 1.54) is 23.8 Å². The molecule has 6 nitrogen and oxygen atoms in total. The molecule has 1 heterocycles. The molecule has 0 saturated carbocycles. The van der Waals surface area contributed by atoms with Crippen LogP contribution in [0.15, 0.2) is 29.3 Å². The average Bonchev–Trinajstić information content (AvgIpc) is 2.86. The van der Waals surface area contributed by atoms with Gasteiger partial charge in [-0.25, -0.2) is 0 Å². The van der Waals surface area contributed by atoms with Crippen molar-refractivity contribution in [2.24, 2.45) is 0 Å². The summed E-state index contributed by atoms with van der Waals surface area (Å²) in [5.74, 6) is 0.0412. The van der Waals surface area contributed by atoms with Crippen LogP contribution in [0.2, 0.25) is 5.02 Å². The van der Waals surface area contributed by atoms with Gasteiger partial charge in [-0.1, -0.05) is 31.5 Å². The Kier molecular flexibility index (Phi) is 5.21. The largest absolute Gasteiger partial charge is 0.468 e. The Bertz CT molecular complexity index is 800. The molecule has 0 saturated heterocycles. The first-order valence-electron chi connectivity index (χ1n) is 7.14. The number of methoxy groups -OCH3 is 1. The van der Waals surface area contributed by atoms with E-state index in [4.69, 9.17) is 20.5 Å². The van der Waals surface area contributed by atoms with Gasteiger partial charge < -0.3 is 8.92 Å². The van der Waals surface area contributed by atoms with E-state index in [-0.39, 0.29) is 22.7 Å². The van der Waals surface area contributed by atoms with Gasteiger partial charge in [0.25, 0.3) is 6.01 Å². The molecule has 126 valence electrons. The van der Waals surface area contributed by atoms with E-state index in [2.05, 4.69) is 4.98 Å². The number of imidazole rings is 1. The van der Waals surface area contributed by atoms with Gasteiger partial charge in [-0.2, -0.15) is 13.4 Å². The quantitative estimate of drug-likeness (QED) is 0.739. The molecule has 0 radical (unpaired) electrons. The normalized spacial score (nSPS) is 11.7. The molecule has 0 fully saturated rings. The highest BCUT2D eigenvalue weighted by Crippen LogP contribution is 2.30. The van der Waals surface area contributed by atoms with E-state index < -0.39 is 10.1 Å². The zero-order valence-corrected chi connectivity index (χ0v) is 15.0. The summed E-state index contributed by atoms with van der Waals surface area (Å²) in [6.07, 6.45) is 0. The molecule has 0 spiro atoms. The highest BCUT2D eigenvalue weighted by Gasteiger charge is 2.31. The third kappa shape index (κ3) is 3.61. The molecule has 0 atom stereocenters. The Labute approximate surface area is 141 Å². The van der Waals surface area contributed by atoms with Gasteiger partial charge in [-0.15, -0.1) is 0 Å². The fourth-order valence-electron chi connectivity index (χ4n) is 2.20. The van der Waals surface area contributed by atoms with Crippen LogP contribution in [0, 0.1) is 0 Å². The number of benzene rings is 1. The van der Waals surface area contributed by atoms with Gasteiger partial charge >= 0.3 is 10.1 Å². The number of halogens is 1. The standard InChI is InChI=1S/C15H19ClN2O4S/c1-5-18-14(13(10(2)3)17-15(18)21-4)23(19,20)22-12-8-6-7-11(16)9-12/h6-10H,5H2,1-4H3. The highest BCUT2D eigenvalue weighted by atomic mass is 35.5. The molecular weight excluding hydrogens is 340 g/mol. The Morgan fingerprint density at radius 1 is 1.35 bits per heavy atom. The lowest BCUT2D eigenvalue weighted by atomic mass is 10.2. The smallest absolute Gasteiger partial charge is 0.357 e. The Balaban J connectivity index is 2.56. The van der Waals surface area contributed by atoms with Crippen molar-refractivity contribution in [2.45, 2.75) is 38.3 Å². The van der Waals surface area contributed by atoms with Crippen molar-refractivity contribution in [1.82, 2.24) is 9.55 Å². The van der Waals surface area contributed by atoms with Crippen molar-refractivity contribution in [1.29, 1.82) is 0 Å². The maximum Gasteiger partial charge on any atom is 0.357 e. The molecule has 0 N–H and O–H groups in total. The summed E-state index contributed by atoms with van der Waals surface area (Å²) < 4.78 is 37.4. The zero-order valence-electron chi connectivity index (χ0n) is 13.4. The van der Waals surface area contributed by atoms with Crippen LogP contribution in [-0.4, -0.2) is 25.1 Å². The van der Waals surface area contributed by atoms with Crippen LogP contribution in [0.5, 0.6) is 11.8 Å². The predicted octanol–water partition coefficient (Wildman–Crippen LogP) is 3.46. The first-order chi connectivity index (χ1) is 10.8. The van der Waals surface area contributed by atoms with E-state index in [0.29, 0.717) is 17.3 Å². The van der Waals surface area contributed by atoms with Crippen molar-refractivity contribution in [2.75, 3.05) is 7.11 Å². The first-order valence-corrected chi connectivity index (χ1v) is 8.93. The van der Waals surface area contributed by atoms with Crippen LogP contribution >= 0.6 is 11.6 Å².